The van der Waals surface area contributed by atoms with Crippen LogP contribution in [-0.2, 0) is 12.8 Å². The van der Waals surface area contributed by atoms with E-state index in [1.165, 1.54) is 20.9 Å². The third-order valence-corrected chi connectivity index (χ3v) is 5.90. The zero-order chi connectivity index (χ0) is 15.0. The van der Waals surface area contributed by atoms with Crippen LogP contribution in [0.2, 0.25) is 0 Å². The molecule has 0 fully saturated rings. The van der Waals surface area contributed by atoms with Crippen LogP contribution in [-0.4, -0.2) is 11.7 Å². The molecule has 21 heavy (non-hydrogen) atoms. The first-order chi connectivity index (χ1) is 10.1. The van der Waals surface area contributed by atoms with E-state index in [0.29, 0.717) is 6.54 Å². The minimum absolute atomic E-state index is 0.230. The molecule has 3 heteroatoms. The molecule has 0 spiro atoms. The van der Waals surface area contributed by atoms with Gasteiger partial charge in [-0.1, -0.05) is 24.3 Å². The van der Waals surface area contributed by atoms with Gasteiger partial charge in [0, 0.05) is 21.7 Å². The molecule has 2 unspecified atom stereocenters. The molecule has 2 nitrogen and oxygen atoms in total. The number of aliphatic hydroxyl groups is 1. The van der Waals surface area contributed by atoms with Gasteiger partial charge in [-0.15, -0.1) is 11.3 Å². The number of thiophene rings is 1. The summed E-state index contributed by atoms with van der Waals surface area (Å²) in [6.45, 7) is 4.72. The first-order valence-corrected chi connectivity index (χ1v) is 8.39. The smallest absolute Gasteiger partial charge is 0.0872 e. The maximum Gasteiger partial charge on any atom is 0.0872 e. The number of benzene rings is 1. The molecule has 1 heterocycles. The van der Waals surface area contributed by atoms with Crippen LogP contribution in [0.4, 0.5) is 0 Å². The van der Waals surface area contributed by atoms with Crippen LogP contribution >= 0.6 is 11.3 Å². The fourth-order valence-corrected chi connectivity index (χ4v) is 4.55. The lowest BCUT2D eigenvalue weighted by molar-refractivity contribution is 0.0176. The molecule has 0 radical (unpaired) electrons. The van der Waals surface area contributed by atoms with E-state index in [4.69, 9.17) is 5.73 Å². The Morgan fingerprint density at radius 3 is 2.62 bits per heavy atom. The van der Waals surface area contributed by atoms with Crippen molar-refractivity contribution in [3.05, 3.63) is 56.8 Å². The minimum Gasteiger partial charge on any atom is -0.388 e. The van der Waals surface area contributed by atoms with Crippen LogP contribution in [0, 0.1) is 19.3 Å². The molecule has 3 rings (SSSR count). The molecule has 0 saturated heterocycles. The standard InChI is InChI=1S/C18H23NOS/c1-12-9-16(13(2)21-12)17(20)18(11-19)8-7-14-5-3-4-6-15(14)10-18/h3-6,9,17,20H,7-8,10-11,19H2,1-2H3. The molecule has 112 valence electrons. The van der Waals surface area contributed by atoms with Gasteiger partial charge >= 0.3 is 0 Å². The zero-order valence-corrected chi connectivity index (χ0v) is 13.5. The normalized spacial score (nSPS) is 22.9. The topological polar surface area (TPSA) is 46.2 Å². The van der Waals surface area contributed by atoms with Crippen molar-refractivity contribution < 1.29 is 5.11 Å². The van der Waals surface area contributed by atoms with Crippen molar-refractivity contribution in [1.29, 1.82) is 0 Å². The van der Waals surface area contributed by atoms with Crippen molar-refractivity contribution in [3.63, 3.8) is 0 Å². The van der Waals surface area contributed by atoms with Gasteiger partial charge in [0.05, 0.1) is 6.10 Å². The summed E-state index contributed by atoms with van der Waals surface area (Å²) < 4.78 is 0. The molecule has 0 amide bonds. The highest BCUT2D eigenvalue weighted by Crippen LogP contribution is 2.46. The Morgan fingerprint density at radius 1 is 1.29 bits per heavy atom. The molecule has 1 aliphatic rings. The van der Waals surface area contributed by atoms with Crippen molar-refractivity contribution in [3.8, 4) is 0 Å². The van der Waals surface area contributed by atoms with Gasteiger partial charge in [0.25, 0.3) is 0 Å². The zero-order valence-electron chi connectivity index (χ0n) is 12.7. The molecule has 1 aliphatic carbocycles. The lowest BCUT2D eigenvalue weighted by Crippen LogP contribution is -2.41. The van der Waals surface area contributed by atoms with Crippen molar-refractivity contribution in [1.82, 2.24) is 0 Å². The van der Waals surface area contributed by atoms with Gasteiger partial charge in [-0.05, 0) is 55.9 Å². The SMILES string of the molecule is Cc1cc(C(O)C2(CN)CCc3ccccc3C2)c(C)s1. The van der Waals surface area contributed by atoms with Gasteiger partial charge in [-0.2, -0.15) is 0 Å². The summed E-state index contributed by atoms with van der Waals surface area (Å²) in [6, 6.07) is 10.7. The maximum absolute atomic E-state index is 11.0. The summed E-state index contributed by atoms with van der Waals surface area (Å²) in [5, 5.41) is 11.0. The number of hydrogen-bond donors (Lipinski definition) is 2. The summed E-state index contributed by atoms with van der Waals surface area (Å²) in [7, 11) is 0. The summed E-state index contributed by atoms with van der Waals surface area (Å²) in [4.78, 5) is 2.47. The molecule has 3 N–H and O–H groups in total. The largest absolute Gasteiger partial charge is 0.388 e. The number of hydrogen-bond acceptors (Lipinski definition) is 3. The Labute approximate surface area is 130 Å². The molecule has 1 aromatic heterocycles. The first-order valence-electron chi connectivity index (χ1n) is 7.57. The molecule has 1 aromatic carbocycles. The number of fused-ring (bicyclic) bond motifs is 1. The first kappa shape index (κ1) is 14.8. The fourth-order valence-electron chi connectivity index (χ4n) is 3.60. The predicted molar refractivity (Wildman–Crippen MR) is 88.7 cm³/mol. The average molecular weight is 301 g/mol. The Kier molecular flexibility index (Phi) is 3.91. The van der Waals surface area contributed by atoms with Crippen molar-refractivity contribution in [2.45, 2.75) is 39.2 Å². The van der Waals surface area contributed by atoms with Gasteiger partial charge in [0.2, 0.25) is 0 Å². The van der Waals surface area contributed by atoms with Crippen molar-refractivity contribution in [2.75, 3.05) is 6.54 Å². The lowest BCUT2D eigenvalue weighted by atomic mass is 9.66. The second-order valence-corrected chi connectivity index (χ2v) is 7.74. The molecule has 0 saturated carbocycles. The molecule has 0 bridgehead atoms. The molecule has 2 atom stereocenters. The van der Waals surface area contributed by atoms with Crippen LogP contribution < -0.4 is 5.73 Å². The molecule has 2 aromatic rings. The predicted octanol–water partition coefficient (Wildman–Crippen LogP) is 3.53. The highest BCUT2D eigenvalue weighted by molar-refractivity contribution is 7.12. The third-order valence-electron chi connectivity index (χ3n) is 4.91. The Hall–Kier alpha value is -1.16. The van der Waals surface area contributed by atoms with E-state index in [0.717, 1.165) is 24.8 Å². The van der Waals surface area contributed by atoms with Gasteiger partial charge in [-0.3, -0.25) is 0 Å². The van der Waals surface area contributed by atoms with Crippen molar-refractivity contribution in [2.24, 2.45) is 11.1 Å². The van der Waals surface area contributed by atoms with E-state index in [9.17, 15) is 5.11 Å². The van der Waals surface area contributed by atoms with Crippen molar-refractivity contribution >= 4 is 11.3 Å². The average Bonchev–Trinajstić information content (AvgIpc) is 2.84. The van der Waals surface area contributed by atoms with E-state index in [2.05, 4.69) is 44.2 Å². The maximum atomic E-state index is 11.0. The lowest BCUT2D eigenvalue weighted by Gasteiger charge is -2.41. The minimum atomic E-state index is -0.471. The molecule has 0 aliphatic heterocycles. The van der Waals surface area contributed by atoms with Crippen LogP contribution in [0.3, 0.4) is 0 Å². The highest BCUT2D eigenvalue weighted by atomic mass is 32.1. The van der Waals surface area contributed by atoms with Gasteiger partial charge < -0.3 is 10.8 Å². The number of aliphatic hydroxyl groups excluding tert-OH is 1. The second kappa shape index (κ2) is 5.56. The monoisotopic (exact) mass is 301 g/mol. The quantitative estimate of drug-likeness (QED) is 0.911. The Balaban J connectivity index is 1.97. The van der Waals surface area contributed by atoms with Gasteiger partial charge in [-0.25, -0.2) is 0 Å². The third kappa shape index (κ3) is 2.54. The molecular weight excluding hydrogens is 278 g/mol. The number of nitrogens with two attached hydrogens (primary N) is 1. The second-order valence-electron chi connectivity index (χ2n) is 6.28. The Morgan fingerprint density at radius 2 is 2.00 bits per heavy atom. The van der Waals surface area contributed by atoms with E-state index in [1.54, 1.807) is 11.3 Å². The van der Waals surface area contributed by atoms with E-state index < -0.39 is 6.10 Å². The molecular formula is C18H23NOS. The number of rotatable bonds is 3. The van der Waals surface area contributed by atoms with Crippen LogP contribution in [0.1, 0.15) is 39.0 Å². The van der Waals surface area contributed by atoms with Gasteiger partial charge in [0.15, 0.2) is 0 Å². The summed E-state index contributed by atoms with van der Waals surface area (Å²) in [6.07, 6.45) is 2.36. The highest BCUT2D eigenvalue weighted by Gasteiger charge is 2.41. The summed E-state index contributed by atoms with van der Waals surface area (Å²) in [5.74, 6) is 0. The van der Waals surface area contributed by atoms with E-state index >= 15 is 0 Å². The van der Waals surface area contributed by atoms with Gasteiger partial charge in [0.1, 0.15) is 0 Å². The van der Waals surface area contributed by atoms with Crippen LogP contribution in [0.25, 0.3) is 0 Å². The number of aryl methyl sites for hydroxylation is 3. The summed E-state index contributed by atoms with van der Waals surface area (Å²) in [5.41, 5.74) is 9.73. The van der Waals surface area contributed by atoms with E-state index in [1.807, 2.05) is 0 Å². The Bertz CT molecular complexity index is 648. The summed E-state index contributed by atoms with van der Waals surface area (Å²) >= 11 is 1.76. The van der Waals surface area contributed by atoms with E-state index in [-0.39, 0.29) is 5.41 Å². The van der Waals surface area contributed by atoms with Crippen LogP contribution in [0.15, 0.2) is 30.3 Å². The fraction of sp³-hybridized carbons (Fsp3) is 0.444. The van der Waals surface area contributed by atoms with Crippen LogP contribution in [0.5, 0.6) is 0 Å².